The van der Waals surface area contributed by atoms with Crippen LogP contribution in [0.5, 0.6) is 17.2 Å². The monoisotopic (exact) mass is 388 g/mol. The Hall–Kier alpha value is -3.33. The first-order chi connectivity index (χ1) is 12.8. The van der Waals surface area contributed by atoms with Crippen molar-refractivity contribution in [1.29, 1.82) is 0 Å². The van der Waals surface area contributed by atoms with Crippen LogP contribution in [0.1, 0.15) is 10.5 Å². The molecule has 0 saturated carbocycles. The van der Waals surface area contributed by atoms with E-state index in [0.29, 0.717) is 28.5 Å². The summed E-state index contributed by atoms with van der Waals surface area (Å²) >= 11 is 0. The van der Waals surface area contributed by atoms with Gasteiger partial charge in [0.25, 0.3) is 0 Å². The summed E-state index contributed by atoms with van der Waals surface area (Å²) in [5.74, 6) is 0.219. The van der Waals surface area contributed by atoms with Crippen LogP contribution in [0.4, 0.5) is 0 Å². The van der Waals surface area contributed by atoms with Crippen molar-refractivity contribution in [3.05, 3.63) is 54.4 Å². The average molecular weight is 388 g/mol. The number of nitrogens with zero attached hydrogens (tertiary/aromatic N) is 1. The predicted molar refractivity (Wildman–Crippen MR) is 97.2 cm³/mol. The van der Waals surface area contributed by atoms with Crippen molar-refractivity contribution in [3.8, 4) is 28.5 Å². The van der Waals surface area contributed by atoms with Crippen molar-refractivity contribution in [2.75, 3.05) is 13.4 Å². The fraction of sp³-hybridized carbons (Fsp3) is 0.111. The van der Waals surface area contributed by atoms with Crippen LogP contribution in [0.2, 0.25) is 0 Å². The number of carboxylic acid groups (broad SMARTS) is 1. The molecule has 9 heteroatoms. The van der Waals surface area contributed by atoms with Gasteiger partial charge < -0.3 is 19.6 Å². The minimum Gasteiger partial charge on any atom is -0.497 e. The number of carboxylic acids is 1. The van der Waals surface area contributed by atoms with Gasteiger partial charge in [0, 0.05) is 23.6 Å². The Balaban J connectivity index is 1.92. The Bertz CT molecular complexity index is 1090. The van der Waals surface area contributed by atoms with E-state index < -0.39 is 15.8 Å². The Morgan fingerprint density at radius 2 is 1.81 bits per heavy atom. The molecule has 2 aromatic heterocycles. The van der Waals surface area contributed by atoms with Crippen LogP contribution < -0.4 is 9.47 Å². The number of hydrogen-bond donors (Lipinski definition) is 2. The van der Waals surface area contributed by atoms with Gasteiger partial charge in [-0.1, -0.05) is 0 Å². The Labute approximate surface area is 155 Å². The van der Waals surface area contributed by atoms with E-state index in [1.54, 1.807) is 24.3 Å². The SMILES string of the molecule is COc1cc(Oc2ccc(S(C)(=O)=O)nc2)cc(-c2ccc(C(=O)O)[nH]2)c1. The molecule has 0 spiro atoms. The molecule has 3 rings (SSSR count). The number of hydrogen-bond acceptors (Lipinski definition) is 6. The van der Waals surface area contributed by atoms with E-state index in [0.717, 1.165) is 6.26 Å². The van der Waals surface area contributed by atoms with E-state index in [1.165, 1.54) is 31.5 Å². The maximum atomic E-state index is 11.5. The van der Waals surface area contributed by atoms with Crippen molar-refractivity contribution >= 4 is 15.8 Å². The topological polar surface area (TPSA) is 119 Å². The second kappa shape index (κ2) is 7.12. The minimum atomic E-state index is -3.39. The molecule has 0 unspecified atom stereocenters. The summed E-state index contributed by atoms with van der Waals surface area (Å²) in [6, 6.07) is 11.0. The first-order valence-electron chi connectivity index (χ1n) is 7.72. The summed E-state index contributed by atoms with van der Waals surface area (Å²) in [7, 11) is -1.89. The summed E-state index contributed by atoms with van der Waals surface area (Å²) < 4.78 is 33.9. The van der Waals surface area contributed by atoms with Gasteiger partial charge in [-0.15, -0.1) is 0 Å². The molecule has 2 N–H and O–H groups in total. The molecule has 140 valence electrons. The summed E-state index contributed by atoms with van der Waals surface area (Å²) in [5, 5.41) is 9.00. The number of benzene rings is 1. The number of pyridine rings is 1. The zero-order chi connectivity index (χ0) is 19.6. The molecule has 0 aliphatic carbocycles. The highest BCUT2D eigenvalue weighted by atomic mass is 32.2. The van der Waals surface area contributed by atoms with Crippen molar-refractivity contribution in [1.82, 2.24) is 9.97 Å². The van der Waals surface area contributed by atoms with Crippen LogP contribution in [0.3, 0.4) is 0 Å². The van der Waals surface area contributed by atoms with Gasteiger partial charge in [0.15, 0.2) is 14.9 Å². The molecule has 0 atom stereocenters. The lowest BCUT2D eigenvalue weighted by molar-refractivity contribution is 0.0691. The first kappa shape index (κ1) is 18.5. The Morgan fingerprint density at radius 1 is 1.07 bits per heavy atom. The summed E-state index contributed by atoms with van der Waals surface area (Å²) in [5.41, 5.74) is 1.31. The normalized spacial score (nSPS) is 11.2. The average Bonchev–Trinajstić information content (AvgIpc) is 3.11. The Morgan fingerprint density at radius 3 is 2.37 bits per heavy atom. The van der Waals surface area contributed by atoms with Gasteiger partial charge in [-0.3, -0.25) is 0 Å². The fourth-order valence-corrected chi connectivity index (χ4v) is 2.93. The van der Waals surface area contributed by atoms with Crippen molar-refractivity contribution < 1.29 is 27.8 Å². The summed E-state index contributed by atoms with van der Waals surface area (Å²) in [6.07, 6.45) is 2.39. The van der Waals surface area contributed by atoms with Gasteiger partial charge in [0.1, 0.15) is 22.9 Å². The van der Waals surface area contributed by atoms with E-state index >= 15 is 0 Å². The van der Waals surface area contributed by atoms with Gasteiger partial charge in [-0.25, -0.2) is 18.2 Å². The lowest BCUT2D eigenvalue weighted by Gasteiger charge is -2.10. The van der Waals surface area contributed by atoms with E-state index in [4.69, 9.17) is 14.6 Å². The molecular formula is C18H16N2O6S. The number of rotatable bonds is 6. The smallest absolute Gasteiger partial charge is 0.352 e. The molecule has 8 nitrogen and oxygen atoms in total. The van der Waals surface area contributed by atoms with Gasteiger partial charge in [0.2, 0.25) is 0 Å². The number of aromatic nitrogens is 2. The van der Waals surface area contributed by atoms with Crippen LogP contribution in [-0.2, 0) is 9.84 Å². The largest absolute Gasteiger partial charge is 0.497 e. The number of nitrogens with one attached hydrogen (secondary N) is 1. The van der Waals surface area contributed by atoms with Crippen LogP contribution >= 0.6 is 0 Å². The molecule has 3 aromatic rings. The van der Waals surface area contributed by atoms with Crippen LogP contribution in [0.25, 0.3) is 11.3 Å². The van der Waals surface area contributed by atoms with Crippen LogP contribution in [-0.4, -0.2) is 42.8 Å². The molecule has 0 bridgehead atoms. The molecule has 0 saturated heterocycles. The third kappa shape index (κ3) is 4.26. The molecule has 0 aliphatic rings. The predicted octanol–water partition coefficient (Wildman–Crippen LogP) is 2.98. The molecule has 0 aliphatic heterocycles. The third-order valence-corrected chi connectivity index (χ3v) is 4.67. The number of ether oxygens (including phenoxy) is 2. The van der Waals surface area contributed by atoms with Gasteiger partial charge in [-0.2, -0.15) is 0 Å². The molecular weight excluding hydrogens is 372 g/mol. The number of aromatic carboxylic acids is 1. The van der Waals surface area contributed by atoms with E-state index in [-0.39, 0.29) is 10.7 Å². The maximum absolute atomic E-state index is 11.5. The fourth-order valence-electron chi connectivity index (χ4n) is 2.37. The number of methoxy groups -OCH3 is 1. The highest BCUT2D eigenvalue weighted by molar-refractivity contribution is 7.90. The van der Waals surface area contributed by atoms with E-state index in [1.807, 2.05) is 0 Å². The second-order valence-corrected chi connectivity index (χ2v) is 7.66. The number of H-pyrrole nitrogens is 1. The second-order valence-electron chi connectivity index (χ2n) is 5.69. The highest BCUT2D eigenvalue weighted by Crippen LogP contribution is 2.32. The molecule has 0 amide bonds. The quantitative estimate of drug-likeness (QED) is 0.666. The molecule has 0 fully saturated rings. The minimum absolute atomic E-state index is 0.0474. The van der Waals surface area contributed by atoms with Crippen molar-refractivity contribution in [2.24, 2.45) is 0 Å². The maximum Gasteiger partial charge on any atom is 0.352 e. The molecule has 0 radical (unpaired) electrons. The molecule has 1 aromatic carbocycles. The third-order valence-electron chi connectivity index (χ3n) is 3.67. The van der Waals surface area contributed by atoms with Gasteiger partial charge in [0.05, 0.1) is 13.3 Å². The Kier molecular flexibility index (Phi) is 4.87. The number of sulfone groups is 1. The summed E-state index contributed by atoms with van der Waals surface area (Å²) in [4.78, 5) is 17.7. The number of carbonyl (C=O) groups is 1. The molecule has 27 heavy (non-hydrogen) atoms. The van der Waals surface area contributed by atoms with Gasteiger partial charge in [-0.05, 0) is 36.4 Å². The highest BCUT2D eigenvalue weighted by Gasteiger charge is 2.12. The van der Waals surface area contributed by atoms with E-state index in [9.17, 15) is 13.2 Å². The van der Waals surface area contributed by atoms with Gasteiger partial charge >= 0.3 is 5.97 Å². The first-order valence-corrected chi connectivity index (χ1v) is 9.61. The van der Waals surface area contributed by atoms with E-state index in [2.05, 4.69) is 9.97 Å². The zero-order valence-electron chi connectivity index (χ0n) is 14.5. The van der Waals surface area contributed by atoms with Crippen molar-refractivity contribution in [3.63, 3.8) is 0 Å². The standard InChI is InChI=1S/C18H16N2O6S/c1-25-13-7-11(15-4-5-16(20-15)18(21)22)8-14(9-13)26-12-3-6-17(19-10-12)27(2,23)24/h3-10,20H,1-2H3,(H,21,22). The summed E-state index contributed by atoms with van der Waals surface area (Å²) in [6.45, 7) is 0. The number of aromatic amines is 1. The molecule has 2 heterocycles. The lowest BCUT2D eigenvalue weighted by atomic mass is 10.1. The van der Waals surface area contributed by atoms with Crippen LogP contribution in [0, 0.1) is 0 Å². The zero-order valence-corrected chi connectivity index (χ0v) is 15.3. The lowest BCUT2D eigenvalue weighted by Crippen LogP contribution is -2.00. The van der Waals surface area contributed by atoms with Crippen LogP contribution in [0.15, 0.2) is 53.7 Å². The van der Waals surface area contributed by atoms with Crippen molar-refractivity contribution in [2.45, 2.75) is 5.03 Å².